The molecule has 4 rings (SSSR count). The summed E-state index contributed by atoms with van der Waals surface area (Å²) in [4.78, 5) is 4.52. The van der Waals surface area contributed by atoms with Crippen molar-refractivity contribution < 1.29 is 4.39 Å². The fourth-order valence-corrected chi connectivity index (χ4v) is 2.89. The Morgan fingerprint density at radius 2 is 1.88 bits per heavy atom. The van der Waals surface area contributed by atoms with Crippen LogP contribution in [-0.4, -0.2) is 14.6 Å². The zero-order valence-electron chi connectivity index (χ0n) is 13.2. The van der Waals surface area contributed by atoms with Gasteiger partial charge in [0.2, 0.25) is 0 Å². The topological polar surface area (TPSA) is 42.2 Å². The van der Waals surface area contributed by atoms with Gasteiger partial charge in [-0.05, 0) is 23.8 Å². The minimum absolute atomic E-state index is 0.330. The lowest BCUT2D eigenvalue weighted by atomic mass is 10.1. The van der Waals surface area contributed by atoms with Gasteiger partial charge >= 0.3 is 0 Å². The third kappa shape index (κ3) is 3.19. The lowest BCUT2D eigenvalue weighted by molar-refractivity contribution is 0.628. The quantitative estimate of drug-likeness (QED) is 0.573. The summed E-state index contributed by atoms with van der Waals surface area (Å²) >= 11 is 6.44. The number of aromatic nitrogens is 3. The molecular weight excluding hydrogens is 339 g/mol. The monoisotopic (exact) mass is 352 g/mol. The highest BCUT2D eigenvalue weighted by Crippen LogP contribution is 2.30. The van der Waals surface area contributed by atoms with Crippen LogP contribution in [0.15, 0.2) is 66.9 Å². The molecule has 0 atom stereocenters. The van der Waals surface area contributed by atoms with Crippen molar-refractivity contribution in [3.05, 3.63) is 83.3 Å². The molecule has 0 amide bonds. The van der Waals surface area contributed by atoms with Gasteiger partial charge in [-0.2, -0.15) is 5.10 Å². The van der Waals surface area contributed by atoms with E-state index in [4.69, 9.17) is 11.6 Å². The highest BCUT2D eigenvalue weighted by molar-refractivity contribution is 6.36. The van der Waals surface area contributed by atoms with Crippen LogP contribution in [0.25, 0.3) is 16.9 Å². The molecule has 2 aromatic heterocycles. The zero-order chi connectivity index (χ0) is 17.2. The van der Waals surface area contributed by atoms with Crippen LogP contribution >= 0.6 is 11.6 Å². The fraction of sp³-hybridized carbons (Fsp3) is 0.0526. The third-order valence-electron chi connectivity index (χ3n) is 3.84. The Morgan fingerprint density at radius 3 is 2.68 bits per heavy atom. The van der Waals surface area contributed by atoms with Crippen molar-refractivity contribution in [2.45, 2.75) is 6.54 Å². The number of nitrogens with one attached hydrogen (secondary N) is 1. The summed E-state index contributed by atoms with van der Waals surface area (Å²) in [6.45, 7) is 0.659. The summed E-state index contributed by atoms with van der Waals surface area (Å²) < 4.78 is 15.1. The Hall–Kier alpha value is -2.92. The van der Waals surface area contributed by atoms with Gasteiger partial charge in [0.25, 0.3) is 0 Å². The summed E-state index contributed by atoms with van der Waals surface area (Å²) in [6, 6.07) is 18.1. The molecule has 0 saturated heterocycles. The fourth-order valence-electron chi connectivity index (χ4n) is 2.61. The molecule has 0 bridgehead atoms. The van der Waals surface area contributed by atoms with Crippen LogP contribution in [0.5, 0.6) is 0 Å². The lowest BCUT2D eigenvalue weighted by Gasteiger charge is -2.05. The van der Waals surface area contributed by atoms with Crippen molar-refractivity contribution in [1.29, 1.82) is 0 Å². The first-order valence-corrected chi connectivity index (χ1v) is 8.17. The van der Waals surface area contributed by atoms with E-state index in [0.29, 0.717) is 34.3 Å². The predicted molar refractivity (Wildman–Crippen MR) is 97.2 cm³/mol. The smallest absolute Gasteiger partial charge is 0.176 e. The first-order chi connectivity index (χ1) is 12.2. The van der Waals surface area contributed by atoms with Crippen LogP contribution in [0.4, 0.5) is 10.2 Å². The van der Waals surface area contributed by atoms with Gasteiger partial charge in [0.1, 0.15) is 22.4 Å². The van der Waals surface area contributed by atoms with Crippen LogP contribution in [-0.2, 0) is 6.54 Å². The van der Waals surface area contributed by atoms with Gasteiger partial charge in [-0.25, -0.2) is 13.9 Å². The Kier molecular flexibility index (Phi) is 4.07. The van der Waals surface area contributed by atoms with Gasteiger partial charge in [-0.3, -0.25) is 0 Å². The van der Waals surface area contributed by atoms with E-state index < -0.39 is 0 Å². The van der Waals surface area contributed by atoms with Crippen LogP contribution in [0.1, 0.15) is 5.56 Å². The molecule has 4 aromatic rings. The summed E-state index contributed by atoms with van der Waals surface area (Å²) in [5.74, 6) is 0.368. The molecule has 25 heavy (non-hydrogen) atoms. The Labute approximate surface area is 148 Å². The molecule has 2 aromatic carbocycles. The number of halogens is 2. The molecule has 0 fully saturated rings. The van der Waals surface area contributed by atoms with Gasteiger partial charge in [0.05, 0.1) is 0 Å². The van der Waals surface area contributed by atoms with E-state index in [-0.39, 0.29) is 5.82 Å². The molecule has 0 radical (unpaired) electrons. The Balaban J connectivity index is 1.65. The molecule has 0 saturated carbocycles. The van der Waals surface area contributed by atoms with E-state index in [1.165, 1.54) is 12.1 Å². The molecule has 0 unspecified atom stereocenters. The van der Waals surface area contributed by atoms with Crippen molar-refractivity contribution in [2.75, 3.05) is 5.32 Å². The summed E-state index contributed by atoms with van der Waals surface area (Å²) in [6.07, 6.45) is 1.78. The predicted octanol–water partition coefficient (Wildman–Crippen LogP) is 4.80. The van der Waals surface area contributed by atoms with Crippen molar-refractivity contribution >= 4 is 23.1 Å². The van der Waals surface area contributed by atoms with Crippen LogP contribution < -0.4 is 5.32 Å². The first-order valence-electron chi connectivity index (χ1n) is 7.79. The summed E-state index contributed by atoms with van der Waals surface area (Å²) in [7, 11) is 0. The standard InChI is InChI=1S/C19H14ClFN4/c20-17-18(14-7-4-8-15(21)11-14)24-25-10-9-16(23-19(17)25)22-12-13-5-2-1-3-6-13/h1-11H,12H2,(H,22,23). The minimum Gasteiger partial charge on any atom is -0.366 e. The molecule has 4 nitrogen and oxygen atoms in total. The molecule has 0 aliphatic heterocycles. The molecular formula is C19H14ClFN4. The molecule has 1 N–H and O–H groups in total. The van der Waals surface area contributed by atoms with Crippen molar-refractivity contribution in [3.8, 4) is 11.3 Å². The number of nitrogens with zero attached hydrogens (tertiary/aromatic N) is 3. The van der Waals surface area contributed by atoms with Gasteiger partial charge in [0.15, 0.2) is 5.65 Å². The number of benzene rings is 2. The van der Waals surface area contributed by atoms with Crippen molar-refractivity contribution in [2.24, 2.45) is 0 Å². The van der Waals surface area contributed by atoms with Gasteiger partial charge in [0, 0.05) is 18.3 Å². The first kappa shape index (κ1) is 15.6. The van der Waals surface area contributed by atoms with E-state index in [1.54, 1.807) is 22.8 Å². The van der Waals surface area contributed by atoms with Gasteiger partial charge < -0.3 is 5.32 Å². The average molecular weight is 353 g/mol. The van der Waals surface area contributed by atoms with E-state index in [1.807, 2.05) is 36.4 Å². The van der Waals surface area contributed by atoms with Crippen molar-refractivity contribution in [1.82, 2.24) is 14.6 Å². The lowest BCUT2D eigenvalue weighted by Crippen LogP contribution is -2.02. The maximum absolute atomic E-state index is 13.5. The minimum atomic E-state index is -0.330. The second-order valence-corrected chi connectivity index (χ2v) is 5.97. The van der Waals surface area contributed by atoms with Gasteiger partial charge in [-0.1, -0.05) is 54.1 Å². The average Bonchev–Trinajstić information content (AvgIpc) is 2.97. The Bertz CT molecular complexity index is 1030. The molecule has 2 heterocycles. The molecule has 0 spiro atoms. The van der Waals surface area contributed by atoms with E-state index in [2.05, 4.69) is 15.4 Å². The molecule has 0 aliphatic rings. The van der Waals surface area contributed by atoms with Crippen LogP contribution in [0.3, 0.4) is 0 Å². The van der Waals surface area contributed by atoms with E-state index in [9.17, 15) is 4.39 Å². The largest absolute Gasteiger partial charge is 0.366 e. The third-order valence-corrected chi connectivity index (χ3v) is 4.19. The number of hydrogen-bond acceptors (Lipinski definition) is 3. The van der Waals surface area contributed by atoms with Gasteiger partial charge in [-0.15, -0.1) is 0 Å². The SMILES string of the molecule is Fc1cccc(-c2nn3ccc(NCc4ccccc4)nc3c2Cl)c1. The van der Waals surface area contributed by atoms with Crippen LogP contribution in [0.2, 0.25) is 5.02 Å². The number of hydrogen-bond donors (Lipinski definition) is 1. The van der Waals surface area contributed by atoms with E-state index in [0.717, 1.165) is 5.56 Å². The summed E-state index contributed by atoms with van der Waals surface area (Å²) in [5.41, 5.74) is 2.81. The maximum Gasteiger partial charge on any atom is 0.176 e. The number of fused-ring (bicyclic) bond motifs is 1. The zero-order valence-corrected chi connectivity index (χ0v) is 13.9. The summed E-state index contributed by atoms with van der Waals surface area (Å²) in [5, 5.41) is 8.08. The van der Waals surface area contributed by atoms with E-state index >= 15 is 0 Å². The molecule has 124 valence electrons. The number of anilines is 1. The molecule has 6 heteroatoms. The molecule has 0 aliphatic carbocycles. The number of rotatable bonds is 4. The highest BCUT2D eigenvalue weighted by atomic mass is 35.5. The highest BCUT2D eigenvalue weighted by Gasteiger charge is 2.14. The second kappa shape index (κ2) is 6.53. The second-order valence-electron chi connectivity index (χ2n) is 5.59. The normalized spacial score (nSPS) is 11.0. The van der Waals surface area contributed by atoms with Crippen molar-refractivity contribution in [3.63, 3.8) is 0 Å². The van der Waals surface area contributed by atoms with Crippen LogP contribution in [0, 0.1) is 5.82 Å². The maximum atomic E-state index is 13.5. The Morgan fingerprint density at radius 1 is 1.04 bits per heavy atom.